The Morgan fingerprint density at radius 1 is 0.742 bits per heavy atom. The van der Waals surface area contributed by atoms with Crippen molar-refractivity contribution in [3.8, 4) is 23.0 Å². The van der Waals surface area contributed by atoms with Crippen LogP contribution in [0.25, 0.3) is 6.08 Å². The molecule has 3 aromatic carbocycles. The maximum absolute atomic E-state index is 6.12. The second kappa shape index (κ2) is 11.3. The molecule has 3 rings (SSSR count). The lowest BCUT2D eigenvalue weighted by molar-refractivity contribution is 0.276. The Balaban J connectivity index is 1.75. The standard InChI is InChI=1S/C25H25BrO5/c1-27-12-11-20-14-21(26)15-24(29-3)25(20)31-17-19-9-10-22(23(13-19)28-2)30-16-18-7-5-4-6-8-18/h4-15H,16-17H2,1-3H3/b12-11+. The van der Waals surface area contributed by atoms with E-state index in [-0.39, 0.29) is 0 Å². The molecule has 0 fully saturated rings. The summed E-state index contributed by atoms with van der Waals surface area (Å²) in [5.41, 5.74) is 2.87. The van der Waals surface area contributed by atoms with Crippen LogP contribution in [0.15, 0.2) is 71.4 Å². The molecular weight excluding hydrogens is 460 g/mol. The predicted molar refractivity (Wildman–Crippen MR) is 125 cm³/mol. The molecule has 0 heterocycles. The van der Waals surface area contributed by atoms with Crippen LogP contribution in [0, 0.1) is 0 Å². The van der Waals surface area contributed by atoms with Gasteiger partial charge in [-0.25, -0.2) is 0 Å². The van der Waals surface area contributed by atoms with Crippen molar-refractivity contribution in [1.82, 2.24) is 0 Å². The van der Waals surface area contributed by atoms with Gasteiger partial charge in [0.1, 0.15) is 13.2 Å². The smallest absolute Gasteiger partial charge is 0.169 e. The summed E-state index contributed by atoms with van der Waals surface area (Å²) in [6.45, 7) is 0.805. The van der Waals surface area contributed by atoms with Crippen molar-refractivity contribution >= 4 is 22.0 Å². The first kappa shape index (κ1) is 22.6. The van der Waals surface area contributed by atoms with Gasteiger partial charge in [0, 0.05) is 10.0 Å². The SMILES string of the molecule is CO/C=C/c1cc(Br)cc(OC)c1OCc1ccc(OCc2ccccc2)c(OC)c1. The van der Waals surface area contributed by atoms with Crippen LogP contribution in [0.3, 0.4) is 0 Å². The van der Waals surface area contributed by atoms with Crippen LogP contribution < -0.4 is 18.9 Å². The van der Waals surface area contributed by atoms with Crippen LogP contribution in [0.2, 0.25) is 0 Å². The van der Waals surface area contributed by atoms with Crippen LogP contribution in [-0.4, -0.2) is 21.3 Å². The van der Waals surface area contributed by atoms with Crippen molar-refractivity contribution in [3.05, 3.63) is 88.1 Å². The van der Waals surface area contributed by atoms with Gasteiger partial charge in [-0.2, -0.15) is 0 Å². The summed E-state index contributed by atoms with van der Waals surface area (Å²) < 4.78 is 29.0. The molecule has 0 amide bonds. The number of methoxy groups -OCH3 is 3. The summed E-state index contributed by atoms with van der Waals surface area (Å²) in [7, 11) is 4.83. The minimum Gasteiger partial charge on any atom is -0.504 e. The van der Waals surface area contributed by atoms with E-state index in [2.05, 4.69) is 15.9 Å². The molecule has 0 atom stereocenters. The highest BCUT2D eigenvalue weighted by Gasteiger charge is 2.13. The molecule has 6 heteroatoms. The lowest BCUT2D eigenvalue weighted by atomic mass is 10.1. The van der Waals surface area contributed by atoms with Gasteiger partial charge >= 0.3 is 0 Å². The van der Waals surface area contributed by atoms with Crippen LogP contribution >= 0.6 is 15.9 Å². The zero-order chi connectivity index (χ0) is 22.1. The molecule has 0 radical (unpaired) electrons. The van der Waals surface area contributed by atoms with Crippen molar-refractivity contribution < 1.29 is 23.7 Å². The highest BCUT2D eigenvalue weighted by atomic mass is 79.9. The van der Waals surface area contributed by atoms with Crippen LogP contribution in [0.4, 0.5) is 0 Å². The van der Waals surface area contributed by atoms with E-state index in [0.717, 1.165) is 21.2 Å². The molecule has 0 N–H and O–H groups in total. The lowest BCUT2D eigenvalue weighted by Gasteiger charge is -2.16. The van der Waals surface area contributed by atoms with E-state index < -0.39 is 0 Å². The number of rotatable bonds is 10. The van der Waals surface area contributed by atoms with Gasteiger partial charge in [0.05, 0.1) is 27.6 Å². The number of halogens is 1. The third-order valence-electron chi connectivity index (χ3n) is 4.50. The Hall–Kier alpha value is -3.12. The lowest BCUT2D eigenvalue weighted by Crippen LogP contribution is -2.02. The zero-order valence-corrected chi connectivity index (χ0v) is 19.3. The molecule has 0 aliphatic carbocycles. The Morgan fingerprint density at radius 2 is 1.48 bits per heavy atom. The number of benzene rings is 3. The first-order valence-electron chi connectivity index (χ1n) is 9.68. The fourth-order valence-electron chi connectivity index (χ4n) is 2.97. The van der Waals surface area contributed by atoms with Crippen LogP contribution in [0.1, 0.15) is 16.7 Å². The van der Waals surface area contributed by atoms with Crippen molar-refractivity contribution in [2.45, 2.75) is 13.2 Å². The Morgan fingerprint density at radius 3 is 2.19 bits per heavy atom. The van der Waals surface area contributed by atoms with Gasteiger partial charge in [-0.3, -0.25) is 0 Å². The van der Waals surface area contributed by atoms with Gasteiger partial charge in [-0.05, 0) is 41.5 Å². The maximum atomic E-state index is 6.12. The molecule has 0 aliphatic rings. The Kier molecular flexibility index (Phi) is 8.24. The first-order chi connectivity index (χ1) is 15.1. The molecule has 0 spiro atoms. The molecular formula is C25H25BrO5. The normalized spacial score (nSPS) is 10.7. The Bertz CT molecular complexity index is 1020. The van der Waals surface area contributed by atoms with E-state index >= 15 is 0 Å². The van der Waals surface area contributed by atoms with E-state index in [4.69, 9.17) is 23.7 Å². The fourth-order valence-corrected chi connectivity index (χ4v) is 3.43. The van der Waals surface area contributed by atoms with Crippen molar-refractivity contribution in [1.29, 1.82) is 0 Å². The highest BCUT2D eigenvalue weighted by Crippen LogP contribution is 2.37. The molecule has 0 saturated carbocycles. The predicted octanol–water partition coefficient (Wildman–Crippen LogP) is 6.24. The summed E-state index contributed by atoms with van der Waals surface area (Å²) in [6, 6.07) is 19.6. The van der Waals surface area contributed by atoms with Crippen LogP contribution in [-0.2, 0) is 18.0 Å². The molecule has 0 unspecified atom stereocenters. The molecule has 5 nitrogen and oxygen atoms in total. The minimum atomic E-state index is 0.334. The van der Waals surface area contributed by atoms with E-state index in [1.165, 1.54) is 0 Å². The maximum Gasteiger partial charge on any atom is 0.169 e. The number of hydrogen-bond acceptors (Lipinski definition) is 5. The molecule has 162 valence electrons. The molecule has 0 aliphatic heterocycles. The van der Waals surface area contributed by atoms with Gasteiger partial charge in [0.15, 0.2) is 23.0 Å². The van der Waals surface area contributed by atoms with Gasteiger partial charge < -0.3 is 23.7 Å². The van der Waals surface area contributed by atoms with Gasteiger partial charge in [-0.15, -0.1) is 0 Å². The quantitative estimate of drug-likeness (QED) is 0.318. The second-order valence-corrected chi connectivity index (χ2v) is 7.53. The number of hydrogen-bond donors (Lipinski definition) is 0. The highest BCUT2D eigenvalue weighted by molar-refractivity contribution is 9.10. The minimum absolute atomic E-state index is 0.334. The summed E-state index contributed by atoms with van der Waals surface area (Å²) >= 11 is 3.49. The second-order valence-electron chi connectivity index (χ2n) is 6.61. The van der Waals surface area contributed by atoms with E-state index in [1.54, 1.807) is 27.6 Å². The largest absolute Gasteiger partial charge is 0.504 e. The number of ether oxygens (including phenoxy) is 5. The molecule has 0 aromatic heterocycles. The van der Waals surface area contributed by atoms with Crippen molar-refractivity contribution in [2.75, 3.05) is 21.3 Å². The third-order valence-corrected chi connectivity index (χ3v) is 4.96. The summed E-state index contributed by atoms with van der Waals surface area (Å²) in [4.78, 5) is 0. The van der Waals surface area contributed by atoms with E-state index in [1.807, 2.05) is 66.7 Å². The zero-order valence-electron chi connectivity index (χ0n) is 17.8. The van der Waals surface area contributed by atoms with Crippen molar-refractivity contribution in [2.24, 2.45) is 0 Å². The topological polar surface area (TPSA) is 46.2 Å². The van der Waals surface area contributed by atoms with Gasteiger partial charge in [0.2, 0.25) is 0 Å². The first-order valence-corrected chi connectivity index (χ1v) is 10.5. The average Bonchev–Trinajstić information content (AvgIpc) is 2.81. The Labute approximate surface area is 191 Å². The molecule has 31 heavy (non-hydrogen) atoms. The summed E-state index contributed by atoms with van der Waals surface area (Å²) in [5.74, 6) is 2.58. The van der Waals surface area contributed by atoms with E-state index in [9.17, 15) is 0 Å². The van der Waals surface area contributed by atoms with Crippen LogP contribution in [0.5, 0.6) is 23.0 Å². The fraction of sp³-hybridized carbons (Fsp3) is 0.200. The monoisotopic (exact) mass is 484 g/mol. The summed E-state index contributed by atoms with van der Waals surface area (Å²) in [5, 5.41) is 0. The van der Waals surface area contributed by atoms with Crippen molar-refractivity contribution in [3.63, 3.8) is 0 Å². The average molecular weight is 485 g/mol. The third kappa shape index (κ3) is 6.18. The molecule has 0 bridgehead atoms. The molecule has 3 aromatic rings. The van der Waals surface area contributed by atoms with E-state index in [0.29, 0.717) is 36.2 Å². The van der Waals surface area contributed by atoms with Gasteiger partial charge in [0.25, 0.3) is 0 Å². The molecule has 0 saturated heterocycles. The summed E-state index contributed by atoms with van der Waals surface area (Å²) in [6.07, 6.45) is 3.42. The van der Waals surface area contributed by atoms with Gasteiger partial charge in [-0.1, -0.05) is 52.3 Å².